The van der Waals surface area contributed by atoms with Crippen LogP contribution in [0.25, 0.3) is 11.3 Å². The molecule has 14 heavy (non-hydrogen) atoms. The van der Waals surface area contributed by atoms with Gasteiger partial charge in [0, 0.05) is 7.05 Å². The Morgan fingerprint density at radius 2 is 2.00 bits per heavy atom. The topological polar surface area (TPSA) is 77.2 Å². The Labute approximate surface area is 78.7 Å². The van der Waals surface area contributed by atoms with Gasteiger partial charge in [-0.1, -0.05) is 0 Å². The number of aromatic nitrogens is 4. The minimum atomic E-state index is 0.374. The second-order valence-corrected chi connectivity index (χ2v) is 3.03. The quantitative estimate of drug-likeness (QED) is 0.575. The lowest BCUT2D eigenvalue weighted by Crippen LogP contribution is -2.30. The molecule has 0 fully saturated rings. The molecular weight excluding hydrogens is 186 g/mol. The molecule has 0 saturated heterocycles. The summed E-state index contributed by atoms with van der Waals surface area (Å²) in [6, 6.07) is 0. The fraction of sp³-hybridized carbons (Fsp3) is 0.429. The standard InChI is InChI=1S/C7H7N5O2/c1-12-2-3-13-7-6(12)8-4-5(9-7)11-14-10-4/h2-3H2,1H3. The summed E-state index contributed by atoms with van der Waals surface area (Å²) >= 11 is 0. The van der Waals surface area contributed by atoms with E-state index in [1.165, 1.54) is 0 Å². The van der Waals surface area contributed by atoms with E-state index >= 15 is 0 Å². The van der Waals surface area contributed by atoms with Crippen LogP contribution < -0.4 is 9.64 Å². The highest BCUT2D eigenvalue weighted by atomic mass is 16.6. The number of hydrogen-bond donors (Lipinski definition) is 0. The molecule has 3 rings (SSSR count). The number of likely N-dealkylation sites (N-methyl/N-ethyl adjacent to an activating group) is 1. The molecule has 2 aromatic heterocycles. The predicted octanol–water partition coefficient (Wildman–Crippen LogP) is -0.159. The molecular formula is C7H7N5O2. The molecule has 0 atom stereocenters. The minimum absolute atomic E-state index is 0.374. The fourth-order valence-corrected chi connectivity index (χ4v) is 1.35. The third-order valence-electron chi connectivity index (χ3n) is 2.09. The highest BCUT2D eigenvalue weighted by Crippen LogP contribution is 2.27. The minimum Gasteiger partial charge on any atom is -0.473 e. The molecule has 72 valence electrons. The largest absolute Gasteiger partial charge is 0.473 e. The summed E-state index contributed by atoms with van der Waals surface area (Å²) in [6.45, 7) is 1.40. The lowest BCUT2D eigenvalue weighted by Gasteiger charge is -2.24. The van der Waals surface area contributed by atoms with E-state index in [0.717, 1.165) is 6.54 Å². The van der Waals surface area contributed by atoms with Gasteiger partial charge in [0.25, 0.3) is 5.88 Å². The van der Waals surface area contributed by atoms with Gasteiger partial charge in [0.2, 0.25) is 11.3 Å². The van der Waals surface area contributed by atoms with Gasteiger partial charge in [0.1, 0.15) is 6.61 Å². The van der Waals surface area contributed by atoms with Crippen LogP contribution in [-0.4, -0.2) is 40.5 Å². The number of nitrogens with zero attached hydrogens (tertiary/aromatic N) is 5. The van der Waals surface area contributed by atoms with E-state index in [9.17, 15) is 0 Å². The highest BCUT2D eigenvalue weighted by Gasteiger charge is 2.20. The second kappa shape index (κ2) is 2.53. The molecule has 0 saturated carbocycles. The molecule has 0 bridgehead atoms. The Morgan fingerprint density at radius 3 is 2.86 bits per heavy atom. The Morgan fingerprint density at radius 1 is 1.21 bits per heavy atom. The normalized spacial score (nSPS) is 15.4. The molecule has 7 heteroatoms. The van der Waals surface area contributed by atoms with Gasteiger partial charge in [0.15, 0.2) is 5.82 Å². The van der Waals surface area contributed by atoms with Crippen molar-refractivity contribution < 1.29 is 9.37 Å². The maximum absolute atomic E-state index is 5.35. The summed E-state index contributed by atoms with van der Waals surface area (Å²) < 4.78 is 9.87. The Kier molecular flexibility index (Phi) is 1.35. The van der Waals surface area contributed by atoms with E-state index in [0.29, 0.717) is 29.6 Å². The lowest BCUT2D eigenvalue weighted by molar-refractivity contribution is 0.297. The van der Waals surface area contributed by atoms with Crippen molar-refractivity contribution in [1.29, 1.82) is 0 Å². The zero-order valence-electron chi connectivity index (χ0n) is 7.47. The van der Waals surface area contributed by atoms with Gasteiger partial charge >= 0.3 is 0 Å². The molecule has 1 aliphatic rings. The summed E-state index contributed by atoms with van der Waals surface area (Å²) in [5, 5.41) is 7.21. The molecule has 1 aliphatic heterocycles. The summed E-state index contributed by atoms with van der Waals surface area (Å²) in [6.07, 6.45) is 0. The molecule has 0 radical (unpaired) electrons. The van der Waals surface area contributed by atoms with Crippen LogP contribution >= 0.6 is 0 Å². The SMILES string of the molecule is CN1CCOc2nc3nonc3nc21. The molecule has 0 unspecified atom stereocenters. The van der Waals surface area contributed by atoms with Crippen LogP contribution in [0, 0.1) is 0 Å². The van der Waals surface area contributed by atoms with E-state index in [-0.39, 0.29) is 0 Å². The van der Waals surface area contributed by atoms with Crippen LogP contribution in [0.5, 0.6) is 5.88 Å². The summed E-state index contributed by atoms with van der Waals surface area (Å²) in [4.78, 5) is 10.3. The zero-order valence-corrected chi connectivity index (χ0v) is 7.47. The van der Waals surface area contributed by atoms with E-state index in [1.54, 1.807) is 0 Å². The molecule has 0 amide bonds. The molecule has 2 aromatic rings. The fourth-order valence-electron chi connectivity index (χ4n) is 1.35. The van der Waals surface area contributed by atoms with E-state index < -0.39 is 0 Å². The summed E-state index contributed by atoms with van der Waals surface area (Å²) in [5.41, 5.74) is 0.778. The number of rotatable bonds is 0. The zero-order chi connectivity index (χ0) is 9.54. The lowest BCUT2D eigenvalue weighted by atomic mass is 10.4. The summed E-state index contributed by atoms with van der Waals surface area (Å²) in [7, 11) is 1.93. The van der Waals surface area contributed by atoms with Crippen LogP contribution in [0.2, 0.25) is 0 Å². The number of anilines is 1. The Hall–Kier alpha value is -1.92. The van der Waals surface area contributed by atoms with Gasteiger partial charge in [-0.15, -0.1) is 0 Å². The number of hydrogen-bond acceptors (Lipinski definition) is 7. The first-order valence-corrected chi connectivity index (χ1v) is 4.19. The average molecular weight is 193 g/mol. The second-order valence-electron chi connectivity index (χ2n) is 3.03. The van der Waals surface area contributed by atoms with Crippen molar-refractivity contribution in [1.82, 2.24) is 20.3 Å². The van der Waals surface area contributed by atoms with Gasteiger partial charge in [0.05, 0.1) is 6.54 Å². The molecule has 3 heterocycles. The van der Waals surface area contributed by atoms with Crippen LogP contribution in [-0.2, 0) is 0 Å². The first-order chi connectivity index (χ1) is 6.84. The maximum atomic E-state index is 5.35. The van der Waals surface area contributed by atoms with Crippen molar-refractivity contribution >= 4 is 17.1 Å². The molecule has 0 N–H and O–H groups in total. The van der Waals surface area contributed by atoms with Crippen LogP contribution in [0.3, 0.4) is 0 Å². The van der Waals surface area contributed by atoms with Crippen LogP contribution in [0.4, 0.5) is 5.82 Å². The summed E-state index contributed by atoms with van der Waals surface area (Å²) in [5.74, 6) is 1.17. The van der Waals surface area contributed by atoms with Crippen molar-refractivity contribution in [3.8, 4) is 5.88 Å². The van der Waals surface area contributed by atoms with Gasteiger partial charge in [-0.2, -0.15) is 9.97 Å². The van der Waals surface area contributed by atoms with Crippen molar-refractivity contribution in [2.24, 2.45) is 0 Å². The monoisotopic (exact) mass is 193 g/mol. The molecule has 0 spiro atoms. The predicted molar refractivity (Wildman–Crippen MR) is 46.2 cm³/mol. The third kappa shape index (κ3) is 0.918. The maximum Gasteiger partial charge on any atom is 0.260 e. The molecule has 7 nitrogen and oxygen atoms in total. The van der Waals surface area contributed by atoms with Crippen molar-refractivity contribution in [3.63, 3.8) is 0 Å². The van der Waals surface area contributed by atoms with Gasteiger partial charge in [-0.05, 0) is 10.3 Å². The van der Waals surface area contributed by atoms with Crippen molar-refractivity contribution in [3.05, 3.63) is 0 Å². The first-order valence-electron chi connectivity index (χ1n) is 4.19. The first kappa shape index (κ1) is 7.48. The Bertz CT molecular complexity index is 482. The van der Waals surface area contributed by atoms with E-state index in [4.69, 9.17) is 4.74 Å². The Balaban J connectivity index is 2.27. The average Bonchev–Trinajstić information content (AvgIpc) is 2.62. The van der Waals surface area contributed by atoms with E-state index in [2.05, 4.69) is 24.9 Å². The van der Waals surface area contributed by atoms with Crippen molar-refractivity contribution in [2.45, 2.75) is 0 Å². The van der Waals surface area contributed by atoms with Crippen LogP contribution in [0.1, 0.15) is 0 Å². The van der Waals surface area contributed by atoms with Gasteiger partial charge in [-0.3, -0.25) is 0 Å². The van der Waals surface area contributed by atoms with Crippen molar-refractivity contribution in [2.75, 3.05) is 25.1 Å². The highest BCUT2D eigenvalue weighted by molar-refractivity contribution is 5.69. The third-order valence-corrected chi connectivity index (χ3v) is 2.09. The van der Waals surface area contributed by atoms with Gasteiger partial charge < -0.3 is 9.64 Å². The number of ether oxygens (including phenoxy) is 1. The van der Waals surface area contributed by atoms with Gasteiger partial charge in [-0.25, -0.2) is 4.63 Å². The molecule has 0 aliphatic carbocycles. The van der Waals surface area contributed by atoms with E-state index in [1.807, 2.05) is 11.9 Å². The molecule has 0 aromatic carbocycles. The number of fused-ring (bicyclic) bond motifs is 2. The smallest absolute Gasteiger partial charge is 0.260 e. The van der Waals surface area contributed by atoms with Crippen LogP contribution in [0.15, 0.2) is 4.63 Å².